The Morgan fingerprint density at radius 2 is 1.95 bits per heavy atom. The average Bonchev–Trinajstić information content (AvgIpc) is 2.42. The van der Waals surface area contributed by atoms with E-state index in [1.807, 2.05) is 26.8 Å². The van der Waals surface area contributed by atoms with Gasteiger partial charge in [-0.05, 0) is 56.5 Å². The molecule has 1 rings (SSSR count). The van der Waals surface area contributed by atoms with Crippen LogP contribution in [0.2, 0.25) is 0 Å². The second kappa shape index (κ2) is 8.27. The number of hydrogen-bond donors (Lipinski definition) is 2. The van der Waals surface area contributed by atoms with E-state index in [9.17, 15) is 8.42 Å². The van der Waals surface area contributed by atoms with Gasteiger partial charge >= 0.3 is 0 Å². The van der Waals surface area contributed by atoms with Gasteiger partial charge in [0.1, 0.15) is 0 Å². The molecule has 21 heavy (non-hydrogen) atoms. The molecule has 0 heterocycles. The van der Waals surface area contributed by atoms with Gasteiger partial charge in [-0.3, -0.25) is 0 Å². The Labute approximate surface area is 136 Å². The van der Waals surface area contributed by atoms with Crippen LogP contribution >= 0.6 is 15.9 Å². The Kier molecular flexibility index (Phi) is 7.33. The van der Waals surface area contributed by atoms with Crippen molar-refractivity contribution in [3.8, 4) is 0 Å². The molecule has 1 aromatic rings. The molecule has 0 aliphatic heterocycles. The molecule has 0 saturated carbocycles. The molecule has 0 aromatic heterocycles. The molecule has 2 N–H and O–H groups in total. The van der Waals surface area contributed by atoms with Crippen LogP contribution in [0.3, 0.4) is 0 Å². The topological polar surface area (TPSA) is 58.2 Å². The summed E-state index contributed by atoms with van der Waals surface area (Å²) in [7, 11) is -3.49. The van der Waals surface area contributed by atoms with E-state index in [1.54, 1.807) is 6.07 Å². The summed E-state index contributed by atoms with van der Waals surface area (Å²) in [6.45, 7) is 9.33. The molecule has 0 aliphatic carbocycles. The van der Waals surface area contributed by atoms with Crippen molar-refractivity contribution in [2.24, 2.45) is 0 Å². The Balaban J connectivity index is 3.10. The summed E-state index contributed by atoms with van der Waals surface area (Å²) in [5.41, 5.74) is 1.70. The maximum atomic E-state index is 12.5. The summed E-state index contributed by atoms with van der Waals surface area (Å²) >= 11 is 3.46. The van der Waals surface area contributed by atoms with Crippen molar-refractivity contribution in [2.75, 3.05) is 6.54 Å². The molecule has 4 nitrogen and oxygen atoms in total. The quantitative estimate of drug-likeness (QED) is 0.684. The molecule has 0 spiro atoms. The van der Waals surface area contributed by atoms with E-state index in [1.165, 1.54) is 0 Å². The van der Waals surface area contributed by atoms with Crippen molar-refractivity contribution in [2.45, 2.75) is 58.0 Å². The summed E-state index contributed by atoms with van der Waals surface area (Å²) in [6.07, 6.45) is 1.81. The first kappa shape index (κ1) is 18.6. The highest BCUT2D eigenvalue weighted by atomic mass is 79.9. The van der Waals surface area contributed by atoms with Crippen LogP contribution in [0.1, 0.15) is 44.7 Å². The third kappa shape index (κ3) is 5.36. The van der Waals surface area contributed by atoms with Gasteiger partial charge < -0.3 is 5.32 Å². The first-order valence-corrected chi connectivity index (χ1v) is 9.61. The lowest BCUT2D eigenvalue weighted by Crippen LogP contribution is -2.32. The highest BCUT2D eigenvalue weighted by molar-refractivity contribution is 9.10. The zero-order chi connectivity index (χ0) is 16.0. The van der Waals surface area contributed by atoms with Crippen LogP contribution in [0.15, 0.2) is 21.5 Å². The summed E-state index contributed by atoms with van der Waals surface area (Å²) in [6, 6.07) is 3.66. The van der Waals surface area contributed by atoms with Gasteiger partial charge in [0.15, 0.2) is 0 Å². The summed E-state index contributed by atoms with van der Waals surface area (Å²) < 4.78 is 28.5. The van der Waals surface area contributed by atoms with Crippen LogP contribution in [0.25, 0.3) is 0 Å². The Morgan fingerprint density at radius 3 is 2.52 bits per heavy atom. The lowest BCUT2D eigenvalue weighted by Gasteiger charge is -2.16. The largest absolute Gasteiger partial charge is 0.313 e. The SMILES string of the molecule is CCCNCc1cc(Br)c(C)c(S(=O)(=O)NC(C)CC)c1. The molecule has 6 heteroatoms. The minimum absolute atomic E-state index is 0.0740. The Morgan fingerprint density at radius 1 is 1.29 bits per heavy atom. The third-order valence-electron chi connectivity index (χ3n) is 3.37. The van der Waals surface area contributed by atoms with E-state index in [0.717, 1.165) is 35.0 Å². The number of sulfonamides is 1. The lowest BCUT2D eigenvalue weighted by atomic mass is 10.1. The molecule has 0 fully saturated rings. The molecule has 0 saturated heterocycles. The summed E-state index contributed by atoms with van der Waals surface area (Å²) in [4.78, 5) is 0.352. The third-order valence-corrected chi connectivity index (χ3v) is 5.91. The van der Waals surface area contributed by atoms with Gasteiger partial charge in [0.05, 0.1) is 4.90 Å². The monoisotopic (exact) mass is 376 g/mol. The fourth-order valence-corrected chi connectivity index (χ4v) is 4.19. The van der Waals surface area contributed by atoms with Gasteiger partial charge in [-0.1, -0.05) is 29.8 Å². The molecular weight excluding hydrogens is 352 g/mol. The number of rotatable bonds is 8. The molecule has 0 bridgehead atoms. The summed E-state index contributed by atoms with van der Waals surface area (Å²) in [5, 5.41) is 3.29. The first-order chi connectivity index (χ1) is 9.81. The van der Waals surface area contributed by atoms with Gasteiger partial charge in [-0.2, -0.15) is 0 Å². The average molecular weight is 377 g/mol. The standard InChI is InChI=1S/C15H25BrN2O2S/c1-5-7-17-10-13-8-14(16)12(4)15(9-13)21(19,20)18-11(3)6-2/h8-9,11,17-18H,5-7,10H2,1-4H3. The zero-order valence-corrected chi connectivity index (χ0v) is 15.6. The molecule has 0 amide bonds. The van der Waals surface area contributed by atoms with Gasteiger partial charge in [0.2, 0.25) is 10.0 Å². The van der Waals surface area contributed by atoms with E-state index in [0.29, 0.717) is 11.4 Å². The van der Waals surface area contributed by atoms with Crippen LogP contribution < -0.4 is 10.0 Å². The molecule has 1 unspecified atom stereocenters. The van der Waals surface area contributed by atoms with Crippen LogP contribution in [0.4, 0.5) is 0 Å². The molecule has 120 valence electrons. The second-order valence-corrected chi connectivity index (χ2v) is 7.84. The van der Waals surface area contributed by atoms with E-state index in [4.69, 9.17) is 0 Å². The summed E-state index contributed by atoms with van der Waals surface area (Å²) in [5.74, 6) is 0. The molecule has 1 aromatic carbocycles. The Hall–Kier alpha value is -0.430. The van der Waals surface area contributed by atoms with Gasteiger partial charge in [-0.25, -0.2) is 13.1 Å². The minimum atomic E-state index is -3.49. The fourth-order valence-electron chi connectivity index (χ4n) is 1.91. The minimum Gasteiger partial charge on any atom is -0.313 e. The molecule has 0 aliphatic rings. The zero-order valence-electron chi connectivity index (χ0n) is 13.2. The van der Waals surface area contributed by atoms with E-state index >= 15 is 0 Å². The van der Waals surface area contributed by atoms with Gasteiger partial charge in [0.25, 0.3) is 0 Å². The van der Waals surface area contributed by atoms with Crippen molar-refractivity contribution in [1.29, 1.82) is 0 Å². The lowest BCUT2D eigenvalue weighted by molar-refractivity contribution is 0.555. The van der Waals surface area contributed by atoms with E-state index in [-0.39, 0.29) is 6.04 Å². The first-order valence-electron chi connectivity index (χ1n) is 7.33. The predicted octanol–water partition coefficient (Wildman–Crippen LogP) is 3.33. The van der Waals surface area contributed by atoms with Crippen LogP contribution in [0, 0.1) is 6.92 Å². The van der Waals surface area contributed by atoms with Crippen molar-refractivity contribution in [3.05, 3.63) is 27.7 Å². The molecular formula is C15H25BrN2O2S. The normalized spacial score (nSPS) is 13.4. The maximum Gasteiger partial charge on any atom is 0.241 e. The van der Waals surface area contributed by atoms with Crippen molar-refractivity contribution >= 4 is 26.0 Å². The number of halogens is 1. The second-order valence-electron chi connectivity index (χ2n) is 5.31. The van der Waals surface area contributed by atoms with Gasteiger partial charge in [-0.15, -0.1) is 0 Å². The fraction of sp³-hybridized carbons (Fsp3) is 0.600. The smallest absolute Gasteiger partial charge is 0.241 e. The highest BCUT2D eigenvalue weighted by Crippen LogP contribution is 2.26. The molecule has 0 radical (unpaired) electrons. The van der Waals surface area contributed by atoms with Crippen molar-refractivity contribution < 1.29 is 8.42 Å². The highest BCUT2D eigenvalue weighted by Gasteiger charge is 2.21. The number of nitrogens with one attached hydrogen (secondary N) is 2. The Bertz CT molecular complexity index is 573. The van der Waals surface area contributed by atoms with Gasteiger partial charge in [0, 0.05) is 17.1 Å². The number of benzene rings is 1. The van der Waals surface area contributed by atoms with Crippen LogP contribution in [-0.4, -0.2) is 21.0 Å². The molecule has 1 atom stereocenters. The maximum absolute atomic E-state index is 12.5. The van der Waals surface area contributed by atoms with E-state index in [2.05, 4.69) is 32.9 Å². The predicted molar refractivity (Wildman–Crippen MR) is 91.0 cm³/mol. The van der Waals surface area contributed by atoms with Crippen LogP contribution in [0.5, 0.6) is 0 Å². The number of hydrogen-bond acceptors (Lipinski definition) is 3. The van der Waals surface area contributed by atoms with Crippen molar-refractivity contribution in [3.63, 3.8) is 0 Å². The van der Waals surface area contributed by atoms with E-state index < -0.39 is 10.0 Å². The van der Waals surface area contributed by atoms with Crippen molar-refractivity contribution in [1.82, 2.24) is 10.0 Å². The van der Waals surface area contributed by atoms with Crippen LogP contribution in [-0.2, 0) is 16.6 Å².